The Kier molecular flexibility index (Phi) is 12.7. The van der Waals surface area contributed by atoms with E-state index in [2.05, 4.69) is 34.3 Å². The third-order valence-electron chi connectivity index (χ3n) is 6.31. The summed E-state index contributed by atoms with van der Waals surface area (Å²) in [5.74, 6) is -1.69. The van der Waals surface area contributed by atoms with Gasteiger partial charge in [0.1, 0.15) is 6.04 Å². The predicted molar refractivity (Wildman–Crippen MR) is 163 cm³/mol. The van der Waals surface area contributed by atoms with Gasteiger partial charge in [0.05, 0.1) is 13.2 Å². The molecule has 216 valence electrons. The molecule has 7 nitrogen and oxygen atoms in total. The minimum absolute atomic E-state index is 0.0681. The molecule has 41 heavy (non-hydrogen) atoms. The van der Waals surface area contributed by atoms with Crippen LogP contribution in [0.15, 0.2) is 84.9 Å². The highest BCUT2D eigenvalue weighted by Gasteiger charge is 2.22. The van der Waals surface area contributed by atoms with Crippen molar-refractivity contribution >= 4 is 23.2 Å². The highest BCUT2D eigenvalue weighted by molar-refractivity contribution is 7.15. The molecule has 0 saturated carbocycles. The first kappa shape index (κ1) is 31.7. The second-order valence-corrected chi connectivity index (χ2v) is 10.4. The highest BCUT2D eigenvalue weighted by atomic mass is 32.1. The van der Waals surface area contributed by atoms with Crippen LogP contribution in [0, 0.1) is 6.92 Å². The number of aryl methyl sites for hydroxylation is 1. The molecular weight excluding hydrogens is 538 g/mol. The van der Waals surface area contributed by atoms with Crippen molar-refractivity contribution in [2.75, 3.05) is 20.3 Å². The van der Waals surface area contributed by atoms with Gasteiger partial charge in [0.2, 0.25) is 0 Å². The zero-order chi connectivity index (χ0) is 29.6. The van der Waals surface area contributed by atoms with Crippen LogP contribution in [-0.2, 0) is 27.5 Å². The maximum absolute atomic E-state index is 13.1. The summed E-state index contributed by atoms with van der Waals surface area (Å²) in [6.07, 6.45) is -0.0681. The number of carbonyl (C=O) groups is 2. The molecule has 0 aliphatic carbocycles. The summed E-state index contributed by atoms with van der Waals surface area (Å²) in [5.41, 5.74) is 5.03. The SMILES string of the molecule is CCOC.Cc1ccccc1-c1cc(COCc2ccc(-c3ccccc3)s2)ccc1C(=O)NC(CCO)C(=O)O. The van der Waals surface area contributed by atoms with Crippen molar-refractivity contribution in [2.45, 2.75) is 39.5 Å². The average molecular weight is 576 g/mol. The average Bonchev–Trinajstić information content (AvgIpc) is 3.46. The maximum Gasteiger partial charge on any atom is 0.326 e. The first-order valence-electron chi connectivity index (χ1n) is 13.4. The molecule has 0 fully saturated rings. The van der Waals surface area contributed by atoms with E-state index >= 15 is 0 Å². The van der Waals surface area contributed by atoms with E-state index in [1.165, 1.54) is 10.4 Å². The Hall–Kier alpha value is -3.82. The van der Waals surface area contributed by atoms with Crippen molar-refractivity contribution < 1.29 is 29.3 Å². The van der Waals surface area contributed by atoms with Crippen molar-refractivity contribution in [3.8, 4) is 21.6 Å². The van der Waals surface area contributed by atoms with Crippen molar-refractivity contribution in [1.29, 1.82) is 0 Å². The van der Waals surface area contributed by atoms with Crippen molar-refractivity contribution in [3.05, 3.63) is 106 Å². The molecule has 4 aromatic rings. The fourth-order valence-electron chi connectivity index (χ4n) is 4.08. The number of carbonyl (C=O) groups excluding carboxylic acids is 1. The number of carboxylic acid groups (broad SMARTS) is 1. The number of aliphatic hydroxyl groups excluding tert-OH is 1. The van der Waals surface area contributed by atoms with E-state index in [0.29, 0.717) is 24.3 Å². The molecule has 1 amide bonds. The molecule has 0 spiro atoms. The number of methoxy groups -OCH3 is 1. The summed E-state index contributed by atoms with van der Waals surface area (Å²) < 4.78 is 10.6. The van der Waals surface area contributed by atoms with Gasteiger partial charge in [-0.3, -0.25) is 4.79 Å². The van der Waals surface area contributed by atoms with Crippen LogP contribution in [0.1, 0.15) is 39.7 Å². The lowest BCUT2D eigenvalue weighted by atomic mass is 9.93. The van der Waals surface area contributed by atoms with Gasteiger partial charge in [0.15, 0.2) is 0 Å². The van der Waals surface area contributed by atoms with Gasteiger partial charge in [-0.25, -0.2) is 4.79 Å². The van der Waals surface area contributed by atoms with Gasteiger partial charge in [0, 0.05) is 42.1 Å². The number of hydrogen-bond acceptors (Lipinski definition) is 6. The molecule has 1 heterocycles. The van der Waals surface area contributed by atoms with Crippen LogP contribution >= 0.6 is 11.3 Å². The van der Waals surface area contributed by atoms with Gasteiger partial charge < -0.3 is 25.0 Å². The Bertz CT molecular complexity index is 1400. The molecule has 1 aromatic heterocycles. The maximum atomic E-state index is 13.1. The Morgan fingerprint density at radius 3 is 2.29 bits per heavy atom. The minimum atomic E-state index is -1.19. The van der Waals surface area contributed by atoms with Crippen molar-refractivity contribution in [3.63, 3.8) is 0 Å². The first-order valence-corrected chi connectivity index (χ1v) is 14.2. The highest BCUT2D eigenvalue weighted by Crippen LogP contribution is 2.30. The Labute approximate surface area is 245 Å². The number of ether oxygens (including phenoxy) is 2. The third kappa shape index (κ3) is 9.37. The van der Waals surface area contributed by atoms with E-state index in [9.17, 15) is 19.8 Å². The van der Waals surface area contributed by atoms with Crippen LogP contribution < -0.4 is 5.32 Å². The number of benzene rings is 3. The van der Waals surface area contributed by atoms with Gasteiger partial charge in [0.25, 0.3) is 5.91 Å². The van der Waals surface area contributed by atoms with E-state index in [0.717, 1.165) is 28.2 Å². The summed E-state index contributed by atoms with van der Waals surface area (Å²) in [6.45, 7) is 5.24. The number of amides is 1. The molecule has 8 heteroatoms. The van der Waals surface area contributed by atoms with Crippen molar-refractivity contribution in [2.24, 2.45) is 0 Å². The van der Waals surface area contributed by atoms with Crippen molar-refractivity contribution in [1.82, 2.24) is 5.32 Å². The van der Waals surface area contributed by atoms with Gasteiger partial charge in [-0.2, -0.15) is 0 Å². The summed E-state index contributed by atoms with van der Waals surface area (Å²) in [4.78, 5) is 26.9. The second kappa shape index (κ2) is 16.4. The largest absolute Gasteiger partial charge is 0.480 e. The lowest BCUT2D eigenvalue weighted by molar-refractivity contribution is -0.139. The normalized spacial score (nSPS) is 11.3. The summed E-state index contributed by atoms with van der Waals surface area (Å²) in [7, 11) is 1.68. The summed E-state index contributed by atoms with van der Waals surface area (Å²) in [5, 5.41) is 21.1. The zero-order valence-corrected chi connectivity index (χ0v) is 24.4. The molecule has 4 rings (SSSR count). The van der Waals surface area contributed by atoms with Gasteiger partial charge >= 0.3 is 5.97 Å². The van der Waals surface area contributed by atoms with Crippen LogP contribution in [0.25, 0.3) is 21.6 Å². The lowest BCUT2D eigenvalue weighted by Crippen LogP contribution is -2.41. The van der Waals surface area contributed by atoms with E-state index in [1.54, 1.807) is 24.5 Å². The number of aliphatic carboxylic acids is 1. The molecule has 1 atom stereocenters. The lowest BCUT2D eigenvalue weighted by Gasteiger charge is -2.17. The first-order chi connectivity index (χ1) is 19.9. The monoisotopic (exact) mass is 575 g/mol. The van der Waals surface area contributed by atoms with Crippen LogP contribution in [0.3, 0.4) is 0 Å². The third-order valence-corrected chi connectivity index (χ3v) is 7.41. The summed E-state index contributed by atoms with van der Waals surface area (Å²) >= 11 is 1.70. The minimum Gasteiger partial charge on any atom is -0.480 e. The quantitative estimate of drug-likeness (QED) is 0.182. The van der Waals surface area contributed by atoms with E-state index in [-0.39, 0.29) is 13.0 Å². The number of rotatable bonds is 12. The van der Waals surface area contributed by atoms with Crippen LogP contribution in [0.5, 0.6) is 0 Å². The van der Waals surface area contributed by atoms with Crippen LogP contribution in [0.4, 0.5) is 0 Å². The van der Waals surface area contributed by atoms with E-state index < -0.39 is 17.9 Å². The molecule has 0 aliphatic rings. The zero-order valence-electron chi connectivity index (χ0n) is 23.6. The molecule has 1 unspecified atom stereocenters. The van der Waals surface area contributed by atoms with E-state index in [1.807, 2.05) is 68.4 Å². The predicted octanol–water partition coefficient (Wildman–Crippen LogP) is 6.33. The Balaban J connectivity index is 0.00000108. The molecule has 0 saturated heterocycles. The number of carboxylic acids is 1. The summed E-state index contributed by atoms with van der Waals surface area (Å²) in [6, 6.07) is 26.4. The number of thiophene rings is 1. The van der Waals surface area contributed by atoms with Gasteiger partial charge in [-0.1, -0.05) is 60.7 Å². The fraction of sp³-hybridized carbons (Fsp3) is 0.273. The number of aliphatic hydroxyl groups is 1. The number of nitrogens with one attached hydrogen (secondary N) is 1. The second-order valence-electron chi connectivity index (χ2n) is 9.27. The smallest absolute Gasteiger partial charge is 0.326 e. The van der Waals surface area contributed by atoms with Crippen LogP contribution in [-0.4, -0.2) is 48.5 Å². The van der Waals surface area contributed by atoms with Crippen LogP contribution in [0.2, 0.25) is 0 Å². The van der Waals surface area contributed by atoms with Gasteiger partial charge in [-0.05, 0) is 65.9 Å². The Morgan fingerprint density at radius 2 is 1.63 bits per heavy atom. The standard InChI is InChI=1S/C30H29NO5S.C3H8O/c1-20-7-5-6-10-24(20)26-17-21(11-13-25(26)29(33)31-27(15-16-32)30(34)35)18-36-19-23-12-14-28(37-23)22-8-3-2-4-9-22;1-3-4-2/h2-14,17,27,32H,15-16,18-19H2,1H3,(H,31,33)(H,34,35);3H2,1-2H3. The molecule has 0 aliphatic heterocycles. The molecule has 0 bridgehead atoms. The molecule has 3 aromatic carbocycles. The fourth-order valence-corrected chi connectivity index (χ4v) is 5.03. The Morgan fingerprint density at radius 1 is 0.927 bits per heavy atom. The molecule has 3 N–H and O–H groups in total. The van der Waals surface area contributed by atoms with E-state index in [4.69, 9.17) is 4.74 Å². The molecular formula is C33H37NO6S. The molecule has 0 radical (unpaired) electrons. The topological polar surface area (TPSA) is 105 Å². The number of hydrogen-bond donors (Lipinski definition) is 3. The van der Waals surface area contributed by atoms with Gasteiger partial charge in [-0.15, -0.1) is 11.3 Å².